The number of hydrogen-bond donors (Lipinski definition) is 11. The van der Waals surface area contributed by atoms with Crippen molar-refractivity contribution in [3.05, 3.63) is 28.8 Å². The molecule has 0 bridgehead atoms. The molecule has 4 rings (SSSR count). The first-order chi connectivity index (χ1) is 21.8. The van der Waals surface area contributed by atoms with Crippen molar-refractivity contribution in [1.82, 2.24) is 0 Å². The Balaban J connectivity index is 1.40. The minimum atomic E-state index is -1.95. The van der Waals surface area contributed by atoms with Crippen molar-refractivity contribution >= 4 is 23.2 Å². The molecule has 11 N–H and O–H groups in total. The van der Waals surface area contributed by atoms with Gasteiger partial charge in [0.05, 0.1) is 37.1 Å². The molecular weight excluding hydrogens is 646 g/mol. The van der Waals surface area contributed by atoms with Crippen LogP contribution < -0.4 is 5.32 Å². The molecule has 3 aliphatic rings. The molecule has 0 saturated carbocycles. The van der Waals surface area contributed by atoms with Gasteiger partial charge in [-0.05, 0) is 17.7 Å². The monoisotopic (exact) mass is 685 g/mol. The Kier molecular flexibility index (Phi) is 13.1. The Morgan fingerprint density at radius 1 is 0.717 bits per heavy atom. The molecule has 262 valence electrons. The van der Waals surface area contributed by atoms with Crippen molar-refractivity contribution in [3.8, 4) is 0 Å². The highest BCUT2D eigenvalue weighted by atomic mass is 35.5. The normalized spacial score (nSPS) is 41.7. The molecule has 15 atom stereocenters. The molecule has 0 aliphatic carbocycles. The van der Waals surface area contributed by atoms with Crippen LogP contribution in [0.2, 0.25) is 5.02 Å². The first kappa shape index (κ1) is 37.2. The van der Waals surface area contributed by atoms with Gasteiger partial charge in [0, 0.05) is 6.92 Å². The molecule has 18 nitrogen and oxygen atoms in total. The molecule has 1 aromatic carbocycles. The Morgan fingerprint density at radius 3 is 1.72 bits per heavy atom. The van der Waals surface area contributed by atoms with Gasteiger partial charge in [-0.1, -0.05) is 17.7 Å². The van der Waals surface area contributed by atoms with E-state index in [-0.39, 0.29) is 17.5 Å². The van der Waals surface area contributed by atoms with Crippen LogP contribution in [0.25, 0.3) is 0 Å². The largest absolute Gasteiger partial charge is 0.394 e. The molecule has 1 aromatic rings. The van der Waals surface area contributed by atoms with Gasteiger partial charge in [-0.25, -0.2) is 0 Å². The Labute approximate surface area is 267 Å². The highest BCUT2D eigenvalue weighted by Crippen LogP contribution is 2.33. The van der Waals surface area contributed by atoms with Gasteiger partial charge in [0.1, 0.15) is 73.2 Å². The summed E-state index contributed by atoms with van der Waals surface area (Å²) >= 11 is 6.08. The van der Waals surface area contributed by atoms with Crippen molar-refractivity contribution < 1.29 is 84.3 Å². The first-order valence-corrected chi connectivity index (χ1v) is 14.7. The van der Waals surface area contributed by atoms with Gasteiger partial charge in [0.2, 0.25) is 5.91 Å². The van der Waals surface area contributed by atoms with Crippen LogP contribution in [0.5, 0.6) is 0 Å². The lowest BCUT2D eigenvalue weighted by molar-refractivity contribution is -0.379. The molecular formula is C27H40ClNO17. The number of aliphatic hydroxyl groups excluding tert-OH is 10. The Hall–Kier alpha value is -1.66. The average molecular weight is 686 g/mol. The summed E-state index contributed by atoms with van der Waals surface area (Å²) in [5, 5.41) is 106. The summed E-state index contributed by atoms with van der Waals surface area (Å²) in [4.78, 5) is 11.4. The third kappa shape index (κ3) is 8.13. The minimum Gasteiger partial charge on any atom is -0.394 e. The lowest BCUT2D eigenvalue weighted by Crippen LogP contribution is -2.66. The minimum absolute atomic E-state index is 0.174. The number of halogens is 1. The molecule has 0 radical (unpaired) electrons. The van der Waals surface area contributed by atoms with Crippen LogP contribution in [0.15, 0.2) is 18.2 Å². The molecule has 19 heteroatoms. The third-order valence-corrected chi connectivity index (χ3v) is 8.16. The molecule has 1 amide bonds. The first-order valence-electron chi connectivity index (χ1n) is 14.3. The molecule has 3 fully saturated rings. The van der Waals surface area contributed by atoms with Crippen LogP contribution in [-0.2, 0) is 39.8 Å². The van der Waals surface area contributed by atoms with E-state index in [9.17, 15) is 55.9 Å². The third-order valence-electron chi connectivity index (χ3n) is 7.83. The van der Waals surface area contributed by atoms with Gasteiger partial charge in [0.15, 0.2) is 18.9 Å². The van der Waals surface area contributed by atoms with Crippen molar-refractivity contribution in [3.63, 3.8) is 0 Å². The number of rotatable bonds is 11. The van der Waals surface area contributed by atoms with Gasteiger partial charge >= 0.3 is 0 Å². The Bertz CT molecular complexity index is 1150. The van der Waals surface area contributed by atoms with E-state index in [2.05, 4.69) is 5.32 Å². The predicted molar refractivity (Wildman–Crippen MR) is 150 cm³/mol. The zero-order chi connectivity index (χ0) is 33.9. The lowest BCUT2D eigenvalue weighted by Gasteiger charge is -2.48. The molecule has 46 heavy (non-hydrogen) atoms. The lowest BCUT2D eigenvalue weighted by atomic mass is 9.96. The number of aliphatic hydroxyl groups is 10. The average Bonchev–Trinajstić information content (AvgIpc) is 3.03. The highest BCUT2D eigenvalue weighted by Gasteiger charge is 2.53. The number of benzene rings is 1. The van der Waals surface area contributed by atoms with E-state index in [0.717, 1.165) is 0 Å². The van der Waals surface area contributed by atoms with Gasteiger partial charge in [-0.2, -0.15) is 0 Å². The van der Waals surface area contributed by atoms with Crippen molar-refractivity contribution in [1.29, 1.82) is 0 Å². The highest BCUT2D eigenvalue weighted by molar-refractivity contribution is 6.33. The smallest absolute Gasteiger partial charge is 0.221 e. The SMILES string of the molecule is CC(=O)Nc1cc(CO[C@@H]2O[C@H](CO)[C@@H](O[C@@H]3O[C@H](CO)[C@@H](O[C@@H]4O[C@H](CO)[C@@H](O)[C@H](O)[C@H]4O)[C@H](O)[C@H]3O)[C@H](O)[C@H]2O)ccc1Cl. The zero-order valence-electron chi connectivity index (χ0n) is 24.4. The van der Waals surface area contributed by atoms with Crippen LogP contribution in [0.3, 0.4) is 0 Å². The van der Waals surface area contributed by atoms with Crippen LogP contribution in [0, 0.1) is 0 Å². The topological polar surface area (TPSA) is 287 Å². The molecule has 3 saturated heterocycles. The van der Waals surface area contributed by atoms with Crippen LogP contribution in [-0.4, -0.2) is 169 Å². The standard InChI is InChI=1S/C27H40ClNO17/c1-9(33)29-12-4-10(2-3-11(12)28)8-41-25-21(39)18(36)23(14(6-31)43-25)46-27-22(40)19(37)24(15(7-32)44-27)45-26-20(38)17(35)16(34)13(5-30)42-26/h2-4,13-27,30-32,34-40H,5-8H2,1H3,(H,29,33)/t13-,14-,15-,16-,17+,18-,19-,20-,21-,22-,23-,24-,25-,26+,27+/m1/s1. The summed E-state index contributed by atoms with van der Waals surface area (Å²) in [5.74, 6) is -0.354. The van der Waals surface area contributed by atoms with E-state index in [4.69, 9.17) is 40.0 Å². The summed E-state index contributed by atoms with van der Waals surface area (Å²) in [5.41, 5.74) is 0.831. The van der Waals surface area contributed by atoms with E-state index < -0.39 is 112 Å². The van der Waals surface area contributed by atoms with Gasteiger partial charge in [-0.15, -0.1) is 0 Å². The number of nitrogens with one attached hydrogen (secondary N) is 1. The molecule has 3 aliphatic heterocycles. The van der Waals surface area contributed by atoms with E-state index in [1.807, 2.05) is 0 Å². The molecule has 3 heterocycles. The number of hydrogen-bond acceptors (Lipinski definition) is 17. The van der Waals surface area contributed by atoms with E-state index >= 15 is 0 Å². The second-order valence-corrected chi connectivity index (χ2v) is 11.5. The second-order valence-electron chi connectivity index (χ2n) is 11.1. The summed E-state index contributed by atoms with van der Waals surface area (Å²) in [6.07, 6.45) is -25.1. The summed E-state index contributed by atoms with van der Waals surface area (Å²) in [7, 11) is 0. The van der Waals surface area contributed by atoms with Crippen molar-refractivity contribution in [2.24, 2.45) is 0 Å². The molecule has 0 aromatic heterocycles. The van der Waals surface area contributed by atoms with Crippen molar-refractivity contribution in [2.75, 3.05) is 25.1 Å². The fraction of sp³-hybridized carbons (Fsp3) is 0.741. The van der Waals surface area contributed by atoms with Crippen LogP contribution in [0.4, 0.5) is 5.69 Å². The fourth-order valence-electron chi connectivity index (χ4n) is 5.31. The number of carbonyl (C=O) groups excluding carboxylic acids is 1. The fourth-order valence-corrected chi connectivity index (χ4v) is 5.47. The number of carbonyl (C=O) groups is 1. The van der Waals surface area contributed by atoms with E-state index in [1.165, 1.54) is 19.1 Å². The van der Waals surface area contributed by atoms with Gasteiger partial charge in [-0.3, -0.25) is 4.79 Å². The number of anilines is 1. The molecule has 0 spiro atoms. The summed E-state index contributed by atoms with van der Waals surface area (Å²) in [6, 6.07) is 4.64. The number of amides is 1. The summed E-state index contributed by atoms with van der Waals surface area (Å²) in [6.45, 7) is -1.23. The Morgan fingerprint density at radius 2 is 1.20 bits per heavy atom. The molecule has 0 unspecified atom stereocenters. The predicted octanol–water partition coefficient (Wildman–Crippen LogP) is -4.74. The van der Waals surface area contributed by atoms with Crippen LogP contribution in [0.1, 0.15) is 12.5 Å². The van der Waals surface area contributed by atoms with E-state index in [1.54, 1.807) is 6.07 Å². The van der Waals surface area contributed by atoms with E-state index in [0.29, 0.717) is 11.3 Å². The maximum Gasteiger partial charge on any atom is 0.221 e. The number of ether oxygens (including phenoxy) is 6. The zero-order valence-corrected chi connectivity index (χ0v) is 25.2. The second kappa shape index (κ2) is 16.2. The van der Waals surface area contributed by atoms with Crippen molar-refractivity contribution in [2.45, 2.75) is 106 Å². The quantitative estimate of drug-likeness (QED) is 0.104. The van der Waals surface area contributed by atoms with Gasteiger partial charge in [0.25, 0.3) is 0 Å². The maximum atomic E-state index is 11.4. The maximum absolute atomic E-state index is 11.4. The summed E-state index contributed by atoms with van der Waals surface area (Å²) < 4.78 is 33.2. The van der Waals surface area contributed by atoms with Crippen LogP contribution >= 0.6 is 11.6 Å². The van der Waals surface area contributed by atoms with Gasteiger partial charge < -0.3 is 84.8 Å².